The Morgan fingerprint density at radius 2 is 1.64 bits per heavy atom. The molecule has 2 saturated carbocycles. The van der Waals surface area contributed by atoms with E-state index in [0.717, 1.165) is 57.8 Å². The largest absolute Gasteiger partial charge is 0.480 e. The van der Waals surface area contributed by atoms with Crippen LogP contribution in [0.4, 0.5) is 0 Å². The van der Waals surface area contributed by atoms with Crippen LogP contribution in [0.25, 0.3) is 0 Å². The first-order chi connectivity index (χ1) is 17.4. The molecule has 2 spiro atoms. The molecule has 198 valence electrons. The van der Waals surface area contributed by atoms with Gasteiger partial charge in [-0.05, 0) is 43.9 Å². The van der Waals surface area contributed by atoms with Crippen molar-refractivity contribution in [2.24, 2.45) is 0 Å². The molecule has 5 atom stereocenters. The zero-order valence-corrected chi connectivity index (χ0v) is 21.6. The molecule has 3 aliphatic heterocycles. The molecule has 3 heterocycles. The van der Waals surface area contributed by atoms with Crippen LogP contribution in [0.5, 0.6) is 5.75 Å². The van der Waals surface area contributed by atoms with Crippen LogP contribution in [0.2, 0.25) is 10.0 Å². The summed E-state index contributed by atoms with van der Waals surface area (Å²) in [6.45, 7) is 0.0557. The fraction of sp³-hybridized carbons (Fsp3) is 0.731. The summed E-state index contributed by atoms with van der Waals surface area (Å²) in [7, 11) is 0. The van der Waals surface area contributed by atoms with Crippen LogP contribution >= 0.6 is 23.2 Å². The molecular formula is C26H32Cl2O8. The molecule has 5 aliphatic rings. The smallest absolute Gasteiger partial charge is 0.344 e. The lowest BCUT2D eigenvalue weighted by Gasteiger charge is -2.35. The van der Waals surface area contributed by atoms with Crippen LogP contribution in [-0.2, 0) is 33.2 Å². The van der Waals surface area contributed by atoms with Gasteiger partial charge in [-0.2, -0.15) is 0 Å². The van der Waals surface area contributed by atoms with Gasteiger partial charge < -0.3 is 33.2 Å². The first kappa shape index (κ1) is 25.2. The number of carbonyl (C=O) groups is 1. The van der Waals surface area contributed by atoms with Crippen molar-refractivity contribution >= 4 is 29.2 Å². The number of hydrogen-bond acceptors (Lipinski definition) is 8. The number of ether oxygens (including phenoxy) is 7. The predicted molar refractivity (Wildman–Crippen MR) is 129 cm³/mol. The van der Waals surface area contributed by atoms with E-state index < -0.39 is 42.1 Å². The average molecular weight is 543 g/mol. The first-order valence-electron chi connectivity index (χ1n) is 13.0. The standard InChI is InChI=1S/C26H32Cl2O8/c27-16-7-8-18(17(28)13-16)30-15-20(29)32-22-21(19-14-31-25(34-19)9-3-1-4-10-25)33-24-23(22)35-26(36-24)11-5-2-6-12-26/h7-8,13,19,21-24H,1-6,9-12,14-15H2/t19-,21-,22+,23+,24-/m0/s1. The third-order valence-corrected chi connectivity index (χ3v) is 8.40. The Morgan fingerprint density at radius 1 is 0.917 bits per heavy atom. The summed E-state index contributed by atoms with van der Waals surface area (Å²) < 4.78 is 43.2. The number of halogens is 2. The summed E-state index contributed by atoms with van der Waals surface area (Å²) in [5.74, 6) is -1.45. The van der Waals surface area contributed by atoms with Gasteiger partial charge in [-0.1, -0.05) is 36.0 Å². The predicted octanol–water partition coefficient (Wildman–Crippen LogP) is 5.16. The molecule has 1 aromatic rings. The van der Waals surface area contributed by atoms with Crippen molar-refractivity contribution in [2.45, 2.75) is 106 Å². The van der Waals surface area contributed by atoms with Crippen molar-refractivity contribution in [3.8, 4) is 5.75 Å². The Balaban J connectivity index is 1.16. The minimum absolute atomic E-state index is 0.318. The van der Waals surface area contributed by atoms with E-state index in [0.29, 0.717) is 22.4 Å². The lowest BCUT2D eigenvalue weighted by molar-refractivity contribution is -0.261. The van der Waals surface area contributed by atoms with Crippen LogP contribution in [-0.4, -0.2) is 61.5 Å². The number of hydrogen-bond donors (Lipinski definition) is 0. The van der Waals surface area contributed by atoms with Crippen molar-refractivity contribution in [3.05, 3.63) is 28.2 Å². The molecule has 8 nitrogen and oxygen atoms in total. The summed E-state index contributed by atoms with van der Waals surface area (Å²) in [6.07, 6.45) is 7.07. The van der Waals surface area contributed by atoms with Crippen LogP contribution < -0.4 is 4.74 Å². The van der Waals surface area contributed by atoms with E-state index in [1.807, 2.05) is 0 Å². The molecular weight excluding hydrogens is 511 g/mol. The van der Waals surface area contributed by atoms with E-state index in [1.165, 1.54) is 6.42 Å². The van der Waals surface area contributed by atoms with E-state index in [2.05, 4.69) is 0 Å². The summed E-state index contributed by atoms with van der Waals surface area (Å²) >= 11 is 12.1. The lowest BCUT2D eigenvalue weighted by atomic mass is 9.94. The summed E-state index contributed by atoms with van der Waals surface area (Å²) in [6, 6.07) is 4.82. The average Bonchev–Trinajstić information content (AvgIpc) is 3.52. The molecule has 5 fully saturated rings. The maximum absolute atomic E-state index is 12.9. The highest BCUT2D eigenvalue weighted by molar-refractivity contribution is 6.35. The molecule has 0 amide bonds. The molecule has 6 rings (SSSR count). The topological polar surface area (TPSA) is 81.7 Å². The summed E-state index contributed by atoms with van der Waals surface area (Å²) in [4.78, 5) is 12.9. The van der Waals surface area contributed by atoms with Crippen molar-refractivity contribution < 1.29 is 38.0 Å². The zero-order valence-electron chi connectivity index (χ0n) is 20.1. The van der Waals surface area contributed by atoms with Gasteiger partial charge in [0.2, 0.25) is 0 Å². The quantitative estimate of drug-likeness (QED) is 0.472. The SMILES string of the molecule is O=C(COc1ccc(Cl)cc1Cl)O[C@@H]1[C@H]([C@@H]2COC3(CCCCC3)O2)O[C@H]2OC3(CCCCC3)O[C@@H]21. The zero-order chi connectivity index (χ0) is 24.8. The second-order valence-electron chi connectivity index (χ2n) is 10.4. The summed E-state index contributed by atoms with van der Waals surface area (Å²) in [5.41, 5.74) is 0. The minimum Gasteiger partial charge on any atom is -0.480 e. The third-order valence-electron chi connectivity index (χ3n) is 7.87. The molecule has 0 aromatic heterocycles. The number of esters is 1. The van der Waals surface area contributed by atoms with E-state index in [9.17, 15) is 4.79 Å². The van der Waals surface area contributed by atoms with Gasteiger partial charge in [0.1, 0.15) is 18.0 Å². The van der Waals surface area contributed by atoms with Crippen LogP contribution in [0.15, 0.2) is 18.2 Å². The molecule has 3 saturated heterocycles. The highest BCUT2D eigenvalue weighted by atomic mass is 35.5. The van der Waals surface area contributed by atoms with Gasteiger partial charge in [-0.3, -0.25) is 0 Å². The van der Waals surface area contributed by atoms with Crippen LogP contribution in [0.1, 0.15) is 64.2 Å². The molecule has 10 heteroatoms. The van der Waals surface area contributed by atoms with E-state index in [-0.39, 0.29) is 12.7 Å². The Kier molecular flexibility index (Phi) is 7.14. The Morgan fingerprint density at radius 3 is 2.36 bits per heavy atom. The van der Waals surface area contributed by atoms with Crippen molar-refractivity contribution in [3.63, 3.8) is 0 Å². The van der Waals surface area contributed by atoms with Gasteiger partial charge in [-0.15, -0.1) is 0 Å². The Hall–Kier alpha value is -1.13. The van der Waals surface area contributed by atoms with E-state index >= 15 is 0 Å². The fourth-order valence-corrected chi connectivity index (χ4v) is 6.59. The van der Waals surface area contributed by atoms with Gasteiger partial charge >= 0.3 is 5.97 Å². The molecule has 0 radical (unpaired) electrons. The van der Waals surface area contributed by atoms with Gasteiger partial charge in [0.15, 0.2) is 36.7 Å². The lowest BCUT2D eigenvalue weighted by Crippen LogP contribution is -2.47. The number of rotatable bonds is 5. The van der Waals surface area contributed by atoms with Crippen molar-refractivity contribution in [2.75, 3.05) is 13.2 Å². The van der Waals surface area contributed by atoms with Gasteiger partial charge in [0, 0.05) is 30.7 Å². The van der Waals surface area contributed by atoms with Gasteiger partial charge in [-0.25, -0.2) is 4.79 Å². The maximum Gasteiger partial charge on any atom is 0.344 e. The molecule has 2 aliphatic carbocycles. The van der Waals surface area contributed by atoms with Gasteiger partial charge in [0.25, 0.3) is 0 Å². The molecule has 1 aromatic carbocycles. The highest BCUT2D eigenvalue weighted by Gasteiger charge is 2.62. The number of fused-ring (bicyclic) bond motifs is 1. The second-order valence-corrected chi connectivity index (χ2v) is 11.2. The Labute approximate surface area is 220 Å². The van der Waals surface area contributed by atoms with E-state index in [4.69, 9.17) is 56.4 Å². The fourth-order valence-electron chi connectivity index (χ4n) is 6.12. The van der Waals surface area contributed by atoms with Crippen LogP contribution in [0, 0.1) is 0 Å². The van der Waals surface area contributed by atoms with Crippen molar-refractivity contribution in [1.82, 2.24) is 0 Å². The van der Waals surface area contributed by atoms with Crippen molar-refractivity contribution in [1.29, 1.82) is 0 Å². The third kappa shape index (κ3) is 4.98. The molecule has 0 N–H and O–H groups in total. The summed E-state index contributed by atoms with van der Waals surface area (Å²) in [5, 5.41) is 0.801. The maximum atomic E-state index is 12.9. The van der Waals surface area contributed by atoms with Crippen LogP contribution in [0.3, 0.4) is 0 Å². The molecule has 36 heavy (non-hydrogen) atoms. The first-order valence-corrected chi connectivity index (χ1v) is 13.8. The molecule has 0 bridgehead atoms. The second kappa shape index (κ2) is 10.2. The molecule has 0 unspecified atom stereocenters. The Bertz CT molecular complexity index is 961. The highest BCUT2D eigenvalue weighted by Crippen LogP contribution is 2.48. The van der Waals surface area contributed by atoms with Gasteiger partial charge in [0.05, 0.1) is 11.6 Å². The monoisotopic (exact) mass is 542 g/mol. The normalized spacial score (nSPS) is 34.7. The number of carbonyl (C=O) groups excluding carboxylic acids is 1. The minimum atomic E-state index is -0.708. The van der Waals surface area contributed by atoms with E-state index in [1.54, 1.807) is 18.2 Å². The number of benzene rings is 1.